The third-order valence-electron chi connectivity index (χ3n) is 4.53. The fourth-order valence-corrected chi connectivity index (χ4v) is 3.01. The number of hydrogen-bond donors (Lipinski definition) is 3. The number of hydrogen-bond acceptors (Lipinski definition) is 5. The Hall–Kier alpha value is -2.41. The minimum absolute atomic E-state index is 0.0796. The molecule has 1 aromatic heterocycles. The van der Waals surface area contributed by atoms with Gasteiger partial charge in [-0.05, 0) is 25.2 Å². The maximum atomic E-state index is 11.9. The summed E-state index contributed by atoms with van der Waals surface area (Å²) in [6.07, 6.45) is 2.33. The summed E-state index contributed by atoms with van der Waals surface area (Å²) in [6, 6.07) is 9.40. The number of amides is 2. The van der Waals surface area contributed by atoms with Crippen LogP contribution in [0.2, 0.25) is 0 Å². The molecule has 0 saturated heterocycles. The lowest BCUT2D eigenvalue weighted by Gasteiger charge is -2.13. The molecule has 0 spiro atoms. The minimum atomic E-state index is -0.216. The van der Waals surface area contributed by atoms with E-state index in [1.54, 1.807) is 0 Å². The summed E-state index contributed by atoms with van der Waals surface area (Å²) in [6.45, 7) is 2.93. The lowest BCUT2D eigenvalue weighted by atomic mass is 10.1. The van der Waals surface area contributed by atoms with Gasteiger partial charge in [-0.1, -0.05) is 42.4 Å². The number of aliphatic hydroxyl groups excluding tert-OH is 1. The van der Waals surface area contributed by atoms with Gasteiger partial charge in [0.25, 0.3) is 0 Å². The SMILES string of the molecule is C[C@H](CNC(=O)NC[C@@H]1CC[C@@H](O)C1)c1nc(-c2ccccc2)no1. The maximum absolute atomic E-state index is 11.9. The van der Waals surface area contributed by atoms with Gasteiger partial charge in [-0.3, -0.25) is 0 Å². The molecule has 2 aromatic rings. The molecule has 1 aliphatic rings. The molecule has 0 bridgehead atoms. The molecule has 7 heteroatoms. The van der Waals surface area contributed by atoms with E-state index in [1.807, 2.05) is 37.3 Å². The van der Waals surface area contributed by atoms with Crippen molar-refractivity contribution in [3.8, 4) is 11.4 Å². The second-order valence-corrected chi connectivity index (χ2v) is 6.65. The average Bonchev–Trinajstić information content (AvgIpc) is 3.28. The van der Waals surface area contributed by atoms with Crippen LogP contribution in [0, 0.1) is 5.92 Å². The van der Waals surface area contributed by atoms with Crippen molar-refractivity contribution in [3.63, 3.8) is 0 Å². The van der Waals surface area contributed by atoms with E-state index in [1.165, 1.54) is 0 Å². The van der Waals surface area contributed by atoms with Gasteiger partial charge >= 0.3 is 6.03 Å². The molecule has 7 nitrogen and oxygen atoms in total. The molecule has 0 aliphatic heterocycles. The summed E-state index contributed by atoms with van der Waals surface area (Å²) >= 11 is 0. The smallest absolute Gasteiger partial charge is 0.314 e. The van der Waals surface area contributed by atoms with Gasteiger partial charge in [-0.25, -0.2) is 4.79 Å². The molecule has 2 amide bonds. The highest BCUT2D eigenvalue weighted by atomic mass is 16.5. The Kier molecular flexibility index (Phi) is 5.65. The molecule has 134 valence electrons. The van der Waals surface area contributed by atoms with Crippen LogP contribution >= 0.6 is 0 Å². The number of aromatic nitrogens is 2. The first-order chi connectivity index (χ1) is 12.1. The predicted octanol–water partition coefficient (Wildman–Crippen LogP) is 2.30. The molecule has 1 heterocycles. The van der Waals surface area contributed by atoms with Crippen molar-refractivity contribution < 1.29 is 14.4 Å². The summed E-state index contributed by atoms with van der Waals surface area (Å²) < 4.78 is 5.31. The summed E-state index contributed by atoms with van der Waals surface area (Å²) in [5.74, 6) is 1.33. The van der Waals surface area contributed by atoms with Gasteiger partial charge in [0.1, 0.15) is 0 Å². The number of carbonyl (C=O) groups excluding carboxylic acids is 1. The lowest BCUT2D eigenvalue weighted by Crippen LogP contribution is -2.39. The zero-order valence-electron chi connectivity index (χ0n) is 14.3. The van der Waals surface area contributed by atoms with Crippen LogP contribution in [0.25, 0.3) is 11.4 Å². The zero-order valence-corrected chi connectivity index (χ0v) is 14.3. The van der Waals surface area contributed by atoms with Crippen LogP contribution in [-0.4, -0.2) is 40.5 Å². The highest BCUT2D eigenvalue weighted by Crippen LogP contribution is 2.24. The monoisotopic (exact) mass is 344 g/mol. The van der Waals surface area contributed by atoms with Gasteiger partial charge in [0.15, 0.2) is 0 Å². The number of nitrogens with zero attached hydrogens (tertiary/aromatic N) is 2. The molecular weight excluding hydrogens is 320 g/mol. The average molecular weight is 344 g/mol. The third kappa shape index (κ3) is 4.79. The van der Waals surface area contributed by atoms with Crippen molar-refractivity contribution in [1.29, 1.82) is 0 Å². The zero-order chi connectivity index (χ0) is 17.6. The summed E-state index contributed by atoms with van der Waals surface area (Å²) in [4.78, 5) is 16.3. The van der Waals surface area contributed by atoms with E-state index in [-0.39, 0.29) is 18.1 Å². The van der Waals surface area contributed by atoms with Crippen molar-refractivity contribution in [2.75, 3.05) is 13.1 Å². The Morgan fingerprint density at radius 3 is 2.84 bits per heavy atom. The van der Waals surface area contributed by atoms with E-state index in [0.717, 1.165) is 24.8 Å². The Morgan fingerprint density at radius 1 is 1.32 bits per heavy atom. The highest BCUT2D eigenvalue weighted by Gasteiger charge is 2.23. The van der Waals surface area contributed by atoms with Crippen LogP contribution in [0.4, 0.5) is 4.79 Å². The largest absolute Gasteiger partial charge is 0.393 e. The second kappa shape index (κ2) is 8.11. The Bertz CT molecular complexity index is 689. The van der Waals surface area contributed by atoms with Crippen molar-refractivity contribution >= 4 is 6.03 Å². The van der Waals surface area contributed by atoms with Crippen LogP contribution in [0.3, 0.4) is 0 Å². The Morgan fingerprint density at radius 2 is 2.12 bits per heavy atom. The third-order valence-corrected chi connectivity index (χ3v) is 4.53. The topological polar surface area (TPSA) is 100 Å². The van der Waals surface area contributed by atoms with E-state index in [2.05, 4.69) is 20.8 Å². The van der Waals surface area contributed by atoms with Gasteiger partial charge in [0.2, 0.25) is 11.7 Å². The van der Waals surface area contributed by atoms with Crippen LogP contribution in [0.5, 0.6) is 0 Å². The summed E-state index contributed by atoms with van der Waals surface area (Å²) in [5, 5.41) is 19.2. The molecule has 0 radical (unpaired) electrons. The molecule has 1 aliphatic carbocycles. The molecular formula is C18H24N4O3. The molecule has 3 rings (SSSR count). The quantitative estimate of drug-likeness (QED) is 0.746. The first-order valence-electron chi connectivity index (χ1n) is 8.70. The number of rotatable bonds is 6. The van der Waals surface area contributed by atoms with Gasteiger partial charge < -0.3 is 20.3 Å². The number of aliphatic hydroxyl groups is 1. The van der Waals surface area contributed by atoms with Gasteiger partial charge in [0, 0.05) is 18.7 Å². The normalized spacial score (nSPS) is 21.0. The van der Waals surface area contributed by atoms with Gasteiger partial charge in [-0.2, -0.15) is 4.98 Å². The van der Waals surface area contributed by atoms with Crippen molar-refractivity contribution in [2.45, 2.75) is 38.2 Å². The highest BCUT2D eigenvalue weighted by molar-refractivity contribution is 5.73. The molecule has 25 heavy (non-hydrogen) atoms. The van der Waals surface area contributed by atoms with Crippen molar-refractivity contribution in [3.05, 3.63) is 36.2 Å². The van der Waals surface area contributed by atoms with Crippen LogP contribution in [0.15, 0.2) is 34.9 Å². The molecule has 3 N–H and O–H groups in total. The molecule has 3 atom stereocenters. The van der Waals surface area contributed by atoms with Crippen molar-refractivity contribution in [2.24, 2.45) is 5.92 Å². The van der Waals surface area contributed by atoms with Crippen LogP contribution in [0.1, 0.15) is 38.0 Å². The van der Waals surface area contributed by atoms with E-state index in [9.17, 15) is 9.90 Å². The molecule has 1 saturated carbocycles. The minimum Gasteiger partial charge on any atom is -0.393 e. The standard InChI is InChI=1S/C18H24N4O3/c1-12(10-19-18(24)20-11-13-7-8-15(23)9-13)17-21-16(22-25-17)14-5-3-2-4-6-14/h2-6,12-13,15,23H,7-11H2,1H3,(H2,19,20,24)/t12-,13-,15-/m1/s1. The number of benzene rings is 1. The number of urea groups is 1. The first kappa shape index (κ1) is 17.4. The Balaban J connectivity index is 1.44. The fourth-order valence-electron chi connectivity index (χ4n) is 3.01. The predicted molar refractivity (Wildman–Crippen MR) is 92.9 cm³/mol. The molecule has 1 fully saturated rings. The number of nitrogens with one attached hydrogen (secondary N) is 2. The van der Waals surface area contributed by atoms with Crippen LogP contribution < -0.4 is 10.6 Å². The van der Waals surface area contributed by atoms with E-state index < -0.39 is 0 Å². The van der Waals surface area contributed by atoms with E-state index in [4.69, 9.17) is 4.52 Å². The molecule has 1 aromatic carbocycles. The van der Waals surface area contributed by atoms with Crippen LogP contribution in [-0.2, 0) is 0 Å². The summed E-state index contributed by atoms with van der Waals surface area (Å²) in [7, 11) is 0. The first-order valence-corrected chi connectivity index (χ1v) is 8.70. The fraction of sp³-hybridized carbons (Fsp3) is 0.500. The van der Waals surface area contributed by atoms with Gasteiger partial charge in [0.05, 0.1) is 12.0 Å². The lowest BCUT2D eigenvalue weighted by molar-refractivity contribution is 0.177. The molecule has 0 unspecified atom stereocenters. The van der Waals surface area contributed by atoms with E-state index in [0.29, 0.717) is 30.7 Å². The van der Waals surface area contributed by atoms with Crippen molar-refractivity contribution in [1.82, 2.24) is 20.8 Å². The maximum Gasteiger partial charge on any atom is 0.314 e. The summed E-state index contributed by atoms with van der Waals surface area (Å²) in [5.41, 5.74) is 0.897. The number of carbonyl (C=O) groups is 1. The Labute approximate surface area is 146 Å². The van der Waals surface area contributed by atoms with E-state index >= 15 is 0 Å². The second-order valence-electron chi connectivity index (χ2n) is 6.65. The van der Waals surface area contributed by atoms with Gasteiger partial charge in [-0.15, -0.1) is 0 Å².